The molecule has 0 amide bonds. The standard InChI is InChI=1S/C14H16N2O3S2/c1-8-6-10-12(18)15-14(16-13(10)21-8)20-7-11(17)19-9-4-2-3-5-9/h6,9H,2-5,7H2,1H3,(H,15,16,18). The third-order valence-electron chi connectivity index (χ3n) is 3.43. The Kier molecular flexibility index (Phi) is 4.30. The molecule has 0 radical (unpaired) electrons. The van der Waals surface area contributed by atoms with Crippen LogP contribution < -0.4 is 5.56 Å². The number of carbonyl (C=O) groups is 1. The SMILES string of the molecule is Cc1cc2c(=O)[nH]c(SCC(=O)OC3CCCC3)nc2s1. The minimum Gasteiger partial charge on any atom is -0.462 e. The maximum atomic E-state index is 11.9. The van der Waals surface area contributed by atoms with Crippen LogP contribution in [0.15, 0.2) is 16.0 Å². The average molecular weight is 324 g/mol. The predicted octanol–water partition coefficient (Wildman–Crippen LogP) is 2.87. The molecule has 3 rings (SSSR count). The number of rotatable bonds is 4. The number of aromatic amines is 1. The van der Waals surface area contributed by atoms with Crippen LogP contribution in [0, 0.1) is 6.92 Å². The number of nitrogens with one attached hydrogen (secondary N) is 1. The van der Waals surface area contributed by atoms with E-state index in [0.29, 0.717) is 15.4 Å². The number of thiophene rings is 1. The van der Waals surface area contributed by atoms with Gasteiger partial charge < -0.3 is 9.72 Å². The predicted molar refractivity (Wildman–Crippen MR) is 84.0 cm³/mol. The summed E-state index contributed by atoms with van der Waals surface area (Å²) in [6.07, 6.45) is 4.27. The van der Waals surface area contributed by atoms with Gasteiger partial charge in [-0.05, 0) is 38.7 Å². The molecule has 1 N–H and O–H groups in total. The molecule has 0 aromatic carbocycles. The number of H-pyrrole nitrogens is 1. The van der Waals surface area contributed by atoms with Crippen LogP contribution in [-0.4, -0.2) is 27.8 Å². The van der Waals surface area contributed by atoms with Gasteiger partial charge in [-0.2, -0.15) is 0 Å². The Bertz CT molecular complexity index is 717. The Morgan fingerprint density at radius 2 is 2.29 bits per heavy atom. The number of fused-ring (bicyclic) bond motifs is 1. The van der Waals surface area contributed by atoms with E-state index in [4.69, 9.17) is 4.74 Å². The Morgan fingerprint density at radius 1 is 1.52 bits per heavy atom. The molecule has 0 aliphatic heterocycles. The summed E-state index contributed by atoms with van der Waals surface area (Å²) in [5.74, 6) is -0.0630. The molecular formula is C14H16N2O3S2. The third kappa shape index (κ3) is 3.47. The summed E-state index contributed by atoms with van der Waals surface area (Å²) in [7, 11) is 0. The lowest BCUT2D eigenvalue weighted by atomic mass is 10.3. The smallest absolute Gasteiger partial charge is 0.316 e. The van der Waals surface area contributed by atoms with Gasteiger partial charge in [-0.1, -0.05) is 11.8 Å². The van der Waals surface area contributed by atoms with Crippen molar-refractivity contribution < 1.29 is 9.53 Å². The molecule has 0 atom stereocenters. The molecule has 0 spiro atoms. The van der Waals surface area contributed by atoms with Crippen molar-refractivity contribution in [1.29, 1.82) is 0 Å². The Labute approximate surface area is 130 Å². The second-order valence-corrected chi connectivity index (χ2v) is 7.33. The highest BCUT2D eigenvalue weighted by molar-refractivity contribution is 7.99. The highest BCUT2D eigenvalue weighted by Gasteiger charge is 2.19. The number of hydrogen-bond donors (Lipinski definition) is 1. The van der Waals surface area contributed by atoms with Crippen LogP contribution in [0.1, 0.15) is 30.6 Å². The van der Waals surface area contributed by atoms with Crippen molar-refractivity contribution in [3.63, 3.8) is 0 Å². The molecule has 2 aromatic rings. The van der Waals surface area contributed by atoms with Crippen LogP contribution in [0.2, 0.25) is 0 Å². The molecule has 0 bridgehead atoms. The lowest BCUT2D eigenvalue weighted by Crippen LogP contribution is -2.16. The van der Waals surface area contributed by atoms with E-state index in [2.05, 4.69) is 9.97 Å². The first-order valence-electron chi connectivity index (χ1n) is 6.94. The summed E-state index contributed by atoms with van der Waals surface area (Å²) in [5, 5.41) is 1.08. The van der Waals surface area contributed by atoms with Crippen molar-refractivity contribution in [3.8, 4) is 0 Å². The van der Waals surface area contributed by atoms with Crippen molar-refractivity contribution in [2.24, 2.45) is 0 Å². The maximum Gasteiger partial charge on any atom is 0.316 e. The molecule has 1 saturated carbocycles. The van der Waals surface area contributed by atoms with Crippen LogP contribution in [-0.2, 0) is 9.53 Å². The first-order chi connectivity index (χ1) is 10.1. The third-order valence-corrected chi connectivity index (χ3v) is 5.22. The van der Waals surface area contributed by atoms with Crippen LogP contribution in [0.25, 0.3) is 10.2 Å². The number of esters is 1. The van der Waals surface area contributed by atoms with E-state index in [1.54, 1.807) is 0 Å². The van der Waals surface area contributed by atoms with Crippen LogP contribution in [0.4, 0.5) is 0 Å². The normalized spacial score (nSPS) is 15.7. The maximum absolute atomic E-state index is 11.9. The molecule has 2 aromatic heterocycles. The number of hydrogen-bond acceptors (Lipinski definition) is 6. The molecule has 21 heavy (non-hydrogen) atoms. The molecule has 1 fully saturated rings. The van der Waals surface area contributed by atoms with Gasteiger partial charge in [0.2, 0.25) is 0 Å². The van der Waals surface area contributed by atoms with Crippen LogP contribution in [0.3, 0.4) is 0 Å². The van der Waals surface area contributed by atoms with E-state index < -0.39 is 0 Å². The minimum atomic E-state index is -0.239. The van der Waals surface area contributed by atoms with Crippen molar-refractivity contribution in [2.45, 2.75) is 43.9 Å². The molecule has 1 aliphatic carbocycles. The average Bonchev–Trinajstić information content (AvgIpc) is 3.05. The summed E-state index contributed by atoms with van der Waals surface area (Å²) in [6.45, 7) is 1.94. The lowest BCUT2D eigenvalue weighted by Gasteiger charge is -2.10. The van der Waals surface area contributed by atoms with Gasteiger partial charge in [-0.3, -0.25) is 9.59 Å². The quantitative estimate of drug-likeness (QED) is 0.532. The van der Waals surface area contributed by atoms with E-state index in [-0.39, 0.29) is 23.4 Å². The van der Waals surface area contributed by atoms with Gasteiger partial charge >= 0.3 is 5.97 Å². The summed E-state index contributed by atoms with van der Waals surface area (Å²) in [5.41, 5.74) is -0.156. The summed E-state index contributed by atoms with van der Waals surface area (Å²) >= 11 is 2.70. The number of aryl methyl sites for hydroxylation is 1. The van der Waals surface area contributed by atoms with E-state index in [1.165, 1.54) is 23.1 Å². The monoisotopic (exact) mass is 324 g/mol. The molecule has 0 saturated heterocycles. The summed E-state index contributed by atoms with van der Waals surface area (Å²) in [4.78, 5) is 32.5. The number of aromatic nitrogens is 2. The van der Waals surface area contributed by atoms with E-state index in [9.17, 15) is 9.59 Å². The second-order valence-electron chi connectivity index (χ2n) is 5.13. The minimum absolute atomic E-state index is 0.0764. The van der Waals surface area contributed by atoms with Crippen molar-refractivity contribution >= 4 is 39.3 Å². The van der Waals surface area contributed by atoms with Gasteiger partial charge in [0.05, 0.1) is 11.1 Å². The summed E-state index contributed by atoms with van der Waals surface area (Å²) in [6, 6.07) is 1.83. The highest BCUT2D eigenvalue weighted by atomic mass is 32.2. The topological polar surface area (TPSA) is 72.0 Å². The first kappa shape index (κ1) is 14.6. The van der Waals surface area contributed by atoms with Gasteiger partial charge in [0.1, 0.15) is 10.9 Å². The zero-order chi connectivity index (χ0) is 14.8. The fourth-order valence-corrected chi connectivity index (χ4v) is 4.04. The van der Waals surface area contributed by atoms with Crippen molar-refractivity contribution in [2.75, 3.05) is 5.75 Å². The molecule has 112 valence electrons. The van der Waals surface area contributed by atoms with Crippen LogP contribution >= 0.6 is 23.1 Å². The van der Waals surface area contributed by atoms with Gasteiger partial charge in [-0.15, -0.1) is 11.3 Å². The molecule has 7 heteroatoms. The van der Waals surface area contributed by atoms with E-state index in [0.717, 1.165) is 30.6 Å². The lowest BCUT2D eigenvalue weighted by molar-refractivity contribution is -0.145. The number of nitrogens with zero attached hydrogens (tertiary/aromatic N) is 1. The summed E-state index contributed by atoms with van der Waals surface area (Å²) < 4.78 is 5.38. The Morgan fingerprint density at radius 3 is 3.05 bits per heavy atom. The zero-order valence-electron chi connectivity index (χ0n) is 11.7. The number of carbonyl (C=O) groups excluding carboxylic acids is 1. The largest absolute Gasteiger partial charge is 0.462 e. The van der Waals surface area contributed by atoms with Gasteiger partial charge in [0.25, 0.3) is 5.56 Å². The van der Waals surface area contributed by atoms with E-state index in [1.807, 2.05) is 13.0 Å². The van der Waals surface area contributed by atoms with E-state index >= 15 is 0 Å². The first-order valence-corrected chi connectivity index (χ1v) is 8.75. The molecule has 1 aliphatic rings. The fourth-order valence-electron chi connectivity index (χ4n) is 2.45. The Balaban J connectivity index is 1.64. The van der Waals surface area contributed by atoms with Gasteiger partial charge in [0, 0.05) is 4.88 Å². The van der Waals surface area contributed by atoms with Crippen molar-refractivity contribution in [1.82, 2.24) is 9.97 Å². The number of ether oxygens (including phenoxy) is 1. The number of thioether (sulfide) groups is 1. The molecular weight excluding hydrogens is 308 g/mol. The van der Waals surface area contributed by atoms with Gasteiger partial charge in [0.15, 0.2) is 5.16 Å². The van der Waals surface area contributed by atoms with Gasteiger partial charge in [-0.25, -0.2) is 4.98 Å². The molecule has 2 heterocycles. The second kappa shape index (κ2) is 6.19. The van der Waals surface area contributed by atoms with Crippen LogP contribution in [0.5, 0.6) is 0 Å². The fraction of sp³-hybridized carbons (Fsp3) is 0.500. The Hall–Kier alpha value is -1.34. The highest BCUT2D eigenvalue weighted by Crippen LogP contribution is 2.24. The van der Waals surface area contributed by atoms with Crippen molar-refractivity contribution in [3.05, 3.63) is 21.3 Å². The molecule has 5 nitrogen and oxygen atoms in total. The zero-order valence-corrected chi connectivity index (χ0v) is 13.3. The molecule has 0 unspecified atom stereocenters.